The van der Waals surface area contributed by atoms with Gasteiger partial charge in [-0.2, -0.15) is 0 Å². The molecule has 0 bridgehead atoms. The van der Waals surface area contributed by atoms with Crippen molar-refractivity contribution in [3.05, 3.63) is 0 Å². The molecule has 1 aliphatic heterocycles. The molecule has 96 valence electrons. The third-order valence-electron chi connectivity index (χ3n) is 1.85. The predicted molar refractivity (Wildman–Crippen MR) is 53.3 cm³/mol. The summed E-state index contributed by atoms with van der Waals surface area (Å²) in [4.78, 5) is 39.8. The smallest absolute Gasteiger partial charge is 0.326 e. The van der Waals surface area contributed by atoms with E-state index in [0.717, 1.165) is 0 Å². The molecule has 0 unspecified atom stereocenters. The van der Waals surface area contributed by atoms with Gasteiger partial charge in [-0.3, -0.25) is 14.4 Å². The fourth-order valence-electron chi connectivity index (χ4n) is 1.01. The fourth-order valence-corrected chi connectivity index (χ4v) is 1.01. The highest BCUT2D eigenvalue weighted by molar-refractivity contribution is 5.87. The van der Waals surface area contributed by atoms with Crippen LogP contribution in [0.1, 0.15) is 25.7 Å². The zero-order valence-electron chi connectivity index (χ0n) is 8.88. The SMILES string of the molecule is O=C(O)CCC(=O)O.O=C1CC[C@@H](C(=O)O)N1. The van der Waals surface area contributed by atoms with Crippen LogP contribution in [0, 0.1) is 0 Å². The molecule has 1 aliphatic rings. The van der Waals surface area contributed by atoms with Gasteiger partial charge in [-0.25, -0.2) is 4.79 Å². The van der Waals surface area contributed by atoms with Gasteiger partial charge in [0.15, 0.2) is 0 Å². The molecule has 1 fully saturated rings. The number of aliphatic carboxylic acids is 3. The van der Waals surface area contributed by atoms with Crippen LogP contribution in [0.5, 0.6) is 0 Å². The Morgan fingerprint density at radius 2 is 1.59 bits per heavy atom. The summed E-state index contributed by atoms with van der Waals surface area (Å²) < 4.78 is 0. The molecule has 0 aromatic rings. The average Bonchev–Trinajstić information content (AvgIpc) is 2.63. The minimum atomic E-state index is -1.08. The number of carbonyl (C=O) groups excluding carboxylic acids is 1. The van der Waals surface area contributed by atoms with E-state index >= 15 is 0 Å². The number of rotatable bonds is 4. The number of carboxylic acid groups (broad SMARTS) is 3. The van der Waals surface area contributed by atoms with E-state index in [9.17, 15) is 19.2 Å². The van der Waals surface area contributed by atoms with Crippen molar-refractivity contribution >= 4 is 23.8 Å². The Morgan fingerprint density at radius 3 is 1.76 bits per heavy atom. The molecule has 1 heterocycles. The topological polar surface area (TPSA) is 141 Å². The van der Waals surface area contributed by atoms with Crippen molar-refractivity contribution in [3.8, 4) is 0 Å². The molecule has 0 saturated carbocycles. The maximum absolute atomic E-state index is 10.4. The minimum absolute atomic E-state index is 0.164. The molecule has 0 aromatic carbocycles. The van der Waals surface area contributed by atoms with Crippen molar-refractivity contribution in [1.82, 2.24) is 5.32 Å². The van der Waals surface area contributed by atoms with Crippen molar-refractivity contribution < 1.29 is 34.5 Å². The molecule has 4 N–H and O–H groups in total. The van der Waals surface area contributed by atoms with E-state index in [1.165, 1.54) is 0 Å². The van der Waals surface area contributed by atoms with E-state index in [0.29, 0.717) is 12.8 Å². The lowest BCUT2D eigenvalue weighted by molar-refractivity contribution is -0.143. The lowest BCUT2D eigenvalue weighted by Gasteiger charge is -1.99. The van der Waals surface area contributed by atoms with Crippen LogP contribution in [0.15, 0.2) is 0 Å². The van der Waals surface area contributed by atoms with E-state index in [-0.39, 0.29) is 18.7 Å². The van der Waals surface area contributed by atoms with E-state index in [4.69, 9.17) is 15.3 Å². The van der Waals surface area contributed by atoms with Gasteiger partial charge in [0.05, 0.1) is 12.8 Å². The zero-order chi connectivity index (χ0) is 13.4. The van der Waals surface area contributed by atoms with Crippen LogP contribution in [-0.2, 0) is 19.2 Å². The molecule has 0 spiro atoms. The Morgan fingerprint density at radius 1 is 1.12 bits per heavy atom. The zero-order valence-corrected chi connectivity index (χ0v) is 8.88. The molecular weight excluding hydrogens is 234 g/mol. The Bertz CT molecular complexity index is 311. The highest BCUT2D eigenvalue weighted by Gasteiger charge is 2.26. The maximum atomic E-state index is 10.4. The van der Waals surface area contributed by atoms with Crippen molar-refractivity contribution in [1.29, 1.82) is 0 Å². The van der Waals surface area contributed by atoms with Gasteiger partial charge in [0.2, 0.25) is 5.91 Å². The lowest BCUT2D eigenvalue weighted by atomic mass is 10.2. The second-order valence-electron chi connectivity index (χ2n) is 3.28. The highest BCUT2D eigenvalue weighted by atomic mass is 16.4. The minimum Gasteiger partial charge on any atom is -0.481 e. The highest BCUT2D eigenvalue weighted by Crippen LogP contribution is 2.05. The fraction of sp³-hybridized carbons (Fsp3) is 0.556. The van der Waals surface area contributed by atoms with Gasteiger partial charge in [-0.05, 0) is 6.42 Å². The first-order chi connectivity index (χ1) is 7.82. The number of carboxylic acids is 3. The summed E-state index contributed by atoms with van der Waals surface area (Å²) in [5.41, 5.74) is 0. The Kier molecular flexibility index (Phi) is 6.30. The second-order valence-corrected chi connectivity index (χ2v) is 3.28. The quantitative estimate of drug-likeness (QED) is 0.513. The third kappa shape index (κ3) is 7.77. The Balaban J connectivity index is 0.000000304. The Labute approximate surface area is 96.2 Å². The van der Waals surface area contributed by atoms with Crippen molar-refractivity contribution in [2.24, 2.45) is 0 Å². The first-order valence-corrected chi connectivity index (χ1v) is 4.78. The molecule has 0 aromatic heterocycles. The van der Waals surface area contributed by atoms with Crippen molar-refractivity contribution in [2.45, 2.75) is 31.7 Å². The molecule has 0 aliphatic carbocycles. The van der Waals surface area contributed by atoms with E-state index in [1.807, 2.05) is 0 Å². The molecule has 8 nitrogen and oxygen atoms in total. The standard InChI is InChI=1S/C5H7NO3.C4H6O4/c7-4-2-1-3(6-4)5(8)9;5-3(6)1-2-4(7)8/h3H,1-2H2,(H,6,7)(H,8,9);1-2H2,(H,5,6)(H,7,8)/t3-;/m0./s1. The summed E-state index contributed by atoms with van der Waals surface area (Å²) in [6.07, 6.45) is 0.176. The summed E-state index contributed by atoms with van der Waals surface area (Å²) in [7, 11) is 0. The molecular formula is C9H13NO7. The molecule has 8 heteroatoms. The van der Waals surface area contributed by atoms with Gasteiger partial charge in [0.25, 0.3) is 0 Å². The van der Waals surface area contributed by atoms with E-state index < -0.39 is 23.9 Å². The van der Waals surface area contributed by atoms with Gasteiger partial charge in [0, 0.05) is 6.42 Å². The van der Waals surface area contributed by atoms with Crippen molar-refractivity contribution in [3.63, 3.8) is 0 Å². The number of hydrogen-bond acceptors (Lipinski definition) is 4. The molecule has 1 atom stereocenters. The van der Waals surface area contributed by atoms with Gasteiger partial charge in [-0.15, -0.1) is 0 Å². The van der Waals surface area contributed by atoms with Gasteiger partial charge in [0.1, 0.15) is 6.04 Å². The van der Waals surface area contributed by atoms with Crippen LogP contribution in [0.25, 0.3) is 0 Å². The van der Waals surface area contributed by atoms with Crippen LogP contribution >= 0.6 is 0 Å². The summed E-state index contributed by atoms with van der Waals surface area (Å²) in [5.74, 6) is -3.26. The van der Waals surface area contributed by atoms with E-state index in [2.05, 4.69) is 5.32 Å². The average molecular weight is 247 g/mol. The lowest BCUT2D eigenvalue weighted by Crippen LogP contribution is -2.32. The first-order valence-electron chi connectivity index (χ1n) is 4.78. The second kappa shape index (κ2) is 7.20. The molecule has 17 heavy (non-hydrogen) atoms. The first kappa shape index (κ1) is 14.9. The summed E-state index contributed by atoms with van der Waals surface area (Å²) in [5, 5.41) is 26.4. The summed E-state index contributed by atoms with van der Waals surface area (Å²) >= 11 is 0. The van der Waals surface area contributed by atoms with E-state index in [1.54, 1.807) is 0 Å². The van der Waals surface area contributed by atoms with Crippen LogP contribution in [-0.4, -0.2) is 45.2 Å². The van der Waals surface area contributed by atoms with Gasteiger partial charge >= 0.3 is 17.9 Å². The number of hydrogen-bond donors (Lipinski definition) is 4. The number of nitrogens with one attached hydrogen (secondary N) is 1. The van der Waals surface area contributed by atoms with Crippen LogP contribution in [0.2, 0.25) is 0 Å². The van der Waals surface area contributed by atoms with Crippen molar-refractivity contribution in [2.75, 3.05) is 0 Å². The summed E-state index contributed by atoms with van der Waals surface area (Å²) in [6.45, 7) is 0. The number of carbonyl (C=O) groups is 4. The predicted octanol–water partition coefficient (Wildman–Crippen LogP) is -0.715. The molecule has 1 saturated heterocycles. The normalized spacial score (nSPS) is 17.6. The van der Waals surface area contributed by atoms with Crippen LogP contribution < -0.4 is 5.32 Å². The largest absolute Gasteiger partial charge is 0.481 e. The van der Waals surface area contributed by atoms with Crippen LogP contribution in [0.4, 0.5) is 0 Å². The Hall–Kier alpha value is -2.12. The molecule has 0 radical (unpaired) electrons. The number of amides is 1. The van der Waals surface area contributed by atoms with Crippen LogP contribution in [0.3, 0.4) is 0 Å². The molecule has 1 amide bonds. The third-order valence-corrected chi connectivity index (χ3v) is 1.85. The maximum Gasteiger partial charge on any atom is 0.326 e. The van der Waals surface area contributed by atoms with Gasteiger partial charge < -0.3 is 20.6 Å². The monoisotopic (exact) mass is 247 g/mol. The molecule has 1 rings (SSSR count). The van der Waals surface area contributed by atoms with Gasteiger partial charge in [-0.1, -0.05) is 0 Å². The summed E-state index contributed by atoms with van der Waals surface area (Å²) in [6, 6.07) is -0.641.